The number of rotatable bonds is 1. The maximum atomic E-state index is 12.6. The molecule has 1 aromatic heterocycles. The average molecular weight is 332 g/mol. The van der Waals surface area contributed by atoms with E-state index in [2.05, 4.69) is 10.3 Å². The van der Waals surface area contributed by atoms with Crippen molar-refractivity contribution in [3.63, 3.8) is 0 Å². The third-order valence-electron chi connectivity index (χ3n) is 4.27. The van der Waals surface area contributed by atoms with Gasteiger partial charge in [0, 0.05) is 30.9 Å². The molecule has 0 aliphatic carbocycles. The summed E-state index contributed by atoms with van der Waals surface area (Å²) in [6, 6.07) is 4.93. The smallest absolute Gasteiger partial charge is 0.255 e. The number of hydrogen-bond donors (Lipinski definition) is 1. The minimum atomic E-state index is 0. The molecule has 2 fully saturated rings. The number of hydrogen-bond acceptors (Lipinski definition) is 3. The van der Waals surface area contributed by atoms with E-state index in [1.165, 1.54) is 12.8 Å². The van der Waals surface area contributed by atoms with Crippen LogP contribution in [0.3, 0.4) is 0 Å². The Bertz CT molecular complexity index is 510. The van der Waals surface area contributed by atoms with Crippen molar-refractivity contribution in [3.8, 4) is 0 Å². The van der Waals surface area contributed by atoms with Crippen LogP contribution in [0.4, 0.5) is 0 Å². The van der Waals surface area contributed by atoms with Crippen LogP contribution < -0.4 is 5.32 Å². The Balaban J connectivity index is 0.00000110. The fraction of sp³-hybridized carbons (Fsp3) is 0.600. The quantitative estimate of drug-likeness (QED) is 0.859. The van der Waals surface area contributed by atoms with E-state index in [0.717, 1.165) is 36.5 Å². The zero-order chi connectivity index (χ0) is 13.4. The van der Waals surface area contributed by atoms with Gasteiger partial charge in [0.2, 0.25) is 0 Å². The van der Waals surface area contributed by atoms with Crippen LogP contribution in [0.15, 0.2) is 12.1 Å². The standard InChI is InChI=1S/C15H21N3O.2ClH/c1-10-3-6-14(11(2)16-10)15(19)18-8-7-12-4-5-13(9-18)17-12;;/h3,6,12-13,17H,4-5,7-9H2,1-2H3;2*1H. The lowest BCUT2D eigenvalue weighted by molar-refractivity contribution is 0.0747. The van der Waals surface area contributed by atoms with Crippen LogP contribution in [-0.2, 0) is 0 Å². The summed E-state index contributed by atoms with van der Waals surface area (Å²) in [5.41, 5.74) is 2.56. The highest BCUT2D eigenvalue weighted by Crippen LogP contribution is 2.22. The van der Waals surface area contributed by atoms with Gasteiger partial charge in [0.1, 0.15) is 0 Å². The van der Waals surface area contributed by atoms with Gasteiger partial charge in [-0.2, -0.15) is 0 Å². The Labute approximate surface area is 138 Å². The fourth-order valence-electron chi connectivity index (χ4n) is 3.21. The van der Waals surface area contributed by atoms with Gasteiger partial charge in [-0.3, -0.25) is 9.78 Å². The van der Waals surface area contributed by atoms with Crippen molar-refractivity contribution in [2.24, 2.45) is 0 Å². The highest BCUT2D eigenvalue weighted by molar-refractivity contribution is 5.95. The molecule has 1 amide bonds. The predicted molar refractivity (Wildman–Crippen MR) is 88.7 cm³/mol. The largest absolute Gasteiger partial charge is 0.337 e. The van der Waals surface area contributed by atoms with Gasteiger partial charge in [-0.15, -0.1) is 24.8 Å². The second-order valence-electron chi connectivity index (χ2n) is 5.76. The molecule has 0 saturated carbocycles. The van der Waals surface area contributed by atoms with Crippen LogP contribution in [0.25, 0.3) is 0 Å². The van der Waals surface area contributed by atoms with E-state index in [1.54, 1.807) is 0 Å². The Morgan fingerprint density at radius 3 is 2.62 bits per heavy atom. The number of carbonyl (C=O) groups is 1. The normalized spacial score (nSPS) is 23.8. The molecule has 118 valence electrons. The number of halogens is 2. The van der Waals surface area contributed by atoms with Crippen molar-refractivity contribution < 1.29 is 4.79 Å². The van der Waals surface area contributed by atoms with E-state index >= 15 is 0 Å². The molecule has 2 unspecified atom stereocenters. The Morgan fingerprint density at radius 2 is 1.90 bits per heavy atom. The van der Waals surface area contributed by atoms with Crippen molar-refractivity contribution in [1.29, 1.82) is 0 Å². The molecule has 2 aliphatic rings. The molecule has 6 heteroatoms. The minimum absolute atomic E-state index is 0. The van der Waals surface area contributed by atoms with Gasteiger partial charge < -0.3 is 10.2 Å². The van der Waals surface area contributed by atoms with Gasteiger partial charge in [-0.05, 0) is 45.2 Å². The topological polar surface area (TPSA) is 45.2 Å². The van der Waals surface area contributed by atoms with Gasteiger partial charge in [0.05, 0.1) is 11.3 Å². The molecule has 2 bridgehead atoms. The molecule has 2 saturated heterocycles. The summed E-state index contributed by atoms with van der Waals surface area (Å²) in [7, 11) is 0. The highest BCUT2D eigenvalue weighted by atomic mass is 35.5. The van der Waals surface area contributed by atoms with Crippen molar-refractivity contribution in [3.05, 3.63) is 29.1 Å². The third kappa shape index (κ3) is 3.87. The van der Waals surface area contributed by atoms with Gasteiger partial charge >= 0.3 is 0 Å². The lowest BCUT2D eigenvalue weighted by Crippen LogP contribution is -2.39. The van der Waals surface area contributed by atoms with Crippen LogP contribution in [0.1, 0.15) is 41.0 Å². The van der Waals surface area contributed by atoms with Crippen LogP contribution in [0.2, 0.25) is 0 Å². The summed E-state index contributed by atoms with van der Waals surface area (Å²) < 4.78 is 0. The fourth-order valence-corrected chi connectivity index (χ4v) is 3.21. The van der Waals surface area contributed by atoms with E-state index in [0.29, 0.717) is 12.1 Å². The zero-order valence-corrected chi connectivity index (χ0v) is 14.1. The predicted octanol–water partition coefficient (Wildman–Crippen LogP) is 2.51. The molecule has 1 aromatic rings. The van der Waals surface area contributed by atoms with Crippen molar-refractivity contribution in [1.82, 2.24) is 15.2 Å². The molecule has 0 aromatic carbocycles. The summed E-state index contributed by atoms with van der Waals surface area (Å²) in [5.74, 6) is 0.138. The first kappa shape index (κ1) is 18.2. The first-order valence-electron chi connectivity index (χ1n) is 7.13. The molecule has 2 aliphatic heterocycles. The molecule has 0 radical (unpaired) electrons. The van der Waals surface area contributed by atoms with Gasteiger partial charge in [0.15, 0.2) is 0 Å². The first-order valence-corrected chi connectivity index (χ1v) is 7.13. The molecule has 1 N–H and O–H groups in total. The second kappa shape index (κ2) is 7.43. The maximum Gasteiger partial charge on any atom is 0.255 e. The number of carbonyl (C=O) groups excluding carboxylic acids is 1. The van der Waals surface area contributed by atoms with Gasteiger partial charge in [-0.25, -0.2) is 0 Å². The molecular weight excluding hydrogens is 309 g/mol. The monoisotopic (exact) mass is 331 g/mol. The number of pyridine rings is 1. The lowest BCUT2D eigenvalue weighted by Gasteiger charge is -2.24. The number of nitrogens with zero attached hydrogens (tertiary/aromatic N) is 2. The second-order valence-corrected chi connectivity index (χ2v) is 5.76. The summed E-state index contributed by atoms with van der Waals surface area (Å²) in [5, 5.41) is 3.60. The summed E-state index contributed by atoms with van der Waals surface area (Å²) in [6.45, 7) is 5.57. The minimum Gasteiger partial charge on any atom is -0.337 e. The maximum absolute atomic E-state index is 12.6. The van der Waals surface area contributed by atoms with Crippen molar-refractivity contribution in [2.75, 3.05) is 13.1 Å². The molecular formula is C15H23Cl2N3O. The van der Waals surface area contributed by atoms with Crippen LogP contribution in [0.5, 0.6) is 0 Å². The molecule has 4 nitrogen and oxygen atoms in total. The summed E-state index contributed by atoms with van der Waals surface area (Å²) in [6.07, 6.45) is 3.53. The van der Waals surface area contributed by atoms with Crippen molar-refractivity contribution >= 4 is 30.7 Å². The van der Waals surface area contributed by atoms with Crippen LogP contribution >= 0.6 is 24.8 Å². The van der Waals surface area contributed by atoms with E-state index in [9.17, 15) is 4.79 Å². The number of amides is 1. The Morgan fingerprint density at radius 1 is 1.19 bits per heavy atom. The molecule has 21 heavy (non-hydrogen) atoms. The number of aromatic nitrogens is 1. The molecule has 3 rings (SSSR count). The highest BCUT2D eigenvalue weighted by Gasteiger charge is 2.31. The number of fused-ring (bicyclic) bond motifs is 2. The van der Waals surface area contributed by atoms with E-state index in [-0.39, 0.29) is 30.7 Å². The summed E-state index contributed by atoms with van der Waals surface area (Å²) in [4.78, 5) is 19.0. The van der Waals surface area contributed by atoms with Gasteiger partial charge in [0.25, 0.3) is 5.91 Å². The van der Waals surface area contributed by atoms with Crippen LogP contribution in [-0.4, -0.2) is 41.0 Å². The molecule has 2 atom stereocenters. The van der Waals surface area contributed by atoms with Crippen molar-refractivity contribution in [2.45, 2.75) is 45.2 Å². The van der Waals surface area contributed by atoms with E-state index in [4.69, 9.17) is 0 Å². The summed E-state index contributed by atoms with van der Waals surface area (Å²) >= 11 is 0. The lowest BCUT2D eigenvalue weighted by atomic mass is 10.1. The third-order valence-corrected chi connectivity index (χ3v) is 4.27. The first-order chi connectivity index (χ1) is 9.13. The molecule has 3 heterocycles. The zero-order valence-electron chi connectivity index (χ0n) is 12.5. The Kier molecular flexibility index (Phi) is 6.44. The molecule has 0 spiro atoms. The van der Waals surface area contributed by atoms with Gasteiger partial charge in [-0.1, -0.05) is 0 Å². The van der Waals surface area contributed by atoms with E-state index < -0.39 is 0 Å². The van der Waals surface area contributed by atoms with E-state index in [1.807, 2.05) is 30.9 Å². The SMILES string of the molecule is Cc1ccc(C(=O)N2CCC3CCC(C2)N3)c(C)n1.Cl.Cl. The number of aryl methyl sites for hydroxylation is 2. The number of likely N-dealkylation sites (tertiary alicyclic amines) is 1. The van der Waals surface area contributed by atoms with Crippen LogP contribution in [0, 0.1) is 13.8 Å². The Hall–Kier alpha value is -0.840. The number of nitrogens with one attached hydrogen (secondary N) is 1. The average Bonchev–Trinajstić information content (AvgIpc) is 2.68.